The number of hydrogen-bond donors (Lipinski definition) is 0. The molecule has 1 aromatic carbocycles. The SMILES string of the molecule is CC(C)C(=O)N1CCCN(S(=O)(=O)c2ccc(Cl)c(C(F)(F)F)c2)CC1. The van der Waals surface area contributed by atoms with Crippen LogP contribution in [-0.4, -0.2) is 49.7 Å². The molecule has 26 heavy (non-hydrogen) atoms. The standard InChI is InChI=1S/C16H20ClF3N2O3S/c1-11(2)15(23)21-6-3-7-22(9-8-21)26(24,25)12-4-5-14(17)13(10-12)16(18,19)20/h4-5,10-11H,3,6-9H2,1-2H3. The highest BCUT2D eigenvalue weighted by Gasteiger charge is 2.36. The number of rotatable bonds is 3. The van der Waals surface area contributed by atoms with E-state index < -0.39 is 31.7 Å². The second kappa shape index (κ2) is 7.74. The molecule has 0 aromatic heterocycles. The minimum Gasteiger partial charge on any atom is -0.341 e. The van der Waals surface area contributed by atoms with Gasteiger partial charge in [0.05, 0.1) is 15.5 Å². The molecule has 1 fully saturated rings. The predicted octanol–water partition coefficient (Wildman–Crippen LogP) is 3.24. The summed E-state index contributed by atoms with van der Waals surface area (Å²) < 4.78 is 65.6. The summed E-state index contributed by atoms with van der Waals surface area (Å²) in [4.78, 5) is 13.2. The van der Waals surface area contributed by atoms with Crippen molar-refractivity contribution in [2.24, 2.45) is 5.92 Å². The number of benzene rings is 1. The molecule has 0 unspecified atom stereocenters. The van der Waals surface area contributed by atoms with Crippen molar-refractivity contribution in [3.63, 3.8) is 0 Å². The first-order chi connectivity index (χ1) is 11.9. The van der Waals surface area contributed by atoms with Crippen LogP contribution in [0.4, 0.5) is 13.2 Å². The van der Waals surface area contributed by atoms with Gasteiger partial charge in [-0.05, 0) is 24.6 Å². The third kappa shape index (κ3) is 4.50. The Balaban J connectivity index is 2.27. The molecule has 0 saturated carbocycles. The Kier molecular flexibility index (Phi) is 6.24. The van der Waals surface area contributed by atoms with Crippen molar-refractivity contribution in [3.05, 3.63) is 28.8 Å². The number of nitrogens with zero attached hydrogens (tertiary/aromatic N) is 2. The summed E-state index contributed by atoms with van der Waals surface area (Å²) in [6, 6.07) is 2.55. The fourth-order valence-electron chi connectivity index (χ4n) is 2.75. The van der Waals surface area contributed by atoms with Crippen LogP contribution < -0.4 is 0 Å². The van der Waals surface area contributed by atoms with Gasteiger partial charge in [0, 0.05) is 32.1 Å². The predicted molar refractivity (Wildman–Crippen MR) is 91.2 cm³/mol. The summed E-state index contributed by atoms with van der Waals surface area (Å²) in [6.45, 7) is 4.30. The molecule has 1 amide bonds. The molecule has 1 aliphatic rings. The van der Waals surface area contributed by atoms with E-state index in [4.69, 9.17) is 11.6 Å². The first-order valence-electron chi connectivity index (χ1n) is 8.10. The maximum absolute atomic E-state index is 13.0. The van der Waals surface area contributed by atoms with E-state index in [-0.39, 0.29) is 31.5 Å². The van der Waals surface area contributed by atoms with E-state index in [1.807, 2.05) is 0 Å². The highest BCUT2D eigenvalue weighted by molar-refractivity contribution is 7.89. The Hall–Kier alpha value is -1.32. The Morgan fingerprint density at radius 1 is 1.15 bits per heavy atom. The van der Waals surface area contributed by atoms with Crippen LogP contribution in [0, 0.1) is 5.92 Å². The number of carbonyl (C=O) groups is 1. The molecular formula is C16H20ClF3N2O3S. The zero-order valence-electron chi connectivity index (χ0n) is 14.4. The minimum absolute atomic E-state index is 0.0325. The lowest BCUT2D eigenvalue weighted by Gasteiger charge is -2.23. The lowest BCUT2D eigenvalue weighted by atomic mass is 10.2. The van der Waals surface area contributed by atoms with Crippen molar-refractivity contribution in [1.29, 1.82) is 0 Å². The number of sulfonamides is 1. The average molecular weight is 413 g/mol. The van der Waals surface area contributed by atoms with E-state index in [1.165, 1.54) is 0 Å². The van der Waals surface area contributed by atoms with Crippen LogP contribution in [0.3, 0.4) is 0 Å². The Labute approximate surface area is 155 Å². The molecule has 1 saturated heterocycles. The molecule has 0 atom stereocenters. The molecule has 1 aliphatic heterocycles. The summed E-state index contributed by atoms with van der Waals surface area (Å²) >= 11 is 5.55. The van der Waals surface area contributed by atoms with E-state index in [0.717, 1.165) is 16.4 Å². The van der Waals surface area contributed by atoms with Crippen LogP contribution in [0.1, 0.15) is 25.8 Å². The van der Waals surface area contributed by atoms with E-state index in [0.29, 0.717) is 19.0 Å². The fraction of sp³-hybridized carbons (Fsp3) is 0.562. The van der Waals surface area contributed by atoms with Crippen molar-refractivity contribution in [2.75, 3.05) is 26.2 Å². The number of amides is 1. The maximum atomic E-state index is 13.0. The number of carbonyl (C=O) groups excluding carboxylic acids is 1. The zero-order valence-corrected chi connectivity index (χ0v) is 16.0. The van der Waals surface area contributed by atoms with Gasteiger partial charge in [0.2, 0.25) is 15.9 Å². The molecule has 0 spiro atoms. The molecule has 0 radical (unpaired) electrons. The number of halogens is 4. The lowest BCUT2D eigenvalue weighted by molar-refractivity contribution is -0.137. The van der Waals surface area contributed by atoms with Crippen molar-refractivity contribution < 1.29 is 26.4 Å². The van der Waals surface area contributed by atoms with Crippen molar-refractivity contribution >= 4 is 27.5 Å². The van der Waals surface area contributed by atoms with Crippen LogP contribution in [0.2, 0.25) is 5.02 Å². The molecule has 0 bridgehead atoms. The van der Waals surface area contributed by atoms with Gasteiger partial charge in [-0.3, -0.25) is 4.79 Å². The normalized spacial score (nSPS) is 17.4. The van der Waals surface area contributed by atoms with Gasteiger partial charge in [0.1, 0.15) is 0 Å². The molecule has 1 aromatic rings. The molecule has 146 valence electrons. The van der Waals surface area contributed by atoms with Gasteiger partial charge in [-0.1, -0.05) is 25.4 Å². The largest absolute Gasteiger partial charge is 0.417 e. The summed E-state index contributed by atoms with van der Waals surface area (Å²) in [6.07, 6.45) is -4.33. The molecule has 0 aliphatic carbocycles. The maximum Gasteiger partial charge on any atom is 0.417 e. The molecule has 5 nitrogen and oxygen atoms in total. The first kappa shape index (κ1) is 21.0. The molecule has 10 heteroatoms. The van der Waals surface area contributed by atoms with Gasteiger partial charge in [-0.2, -0.15) is 17.5 Å². The molecule has 2 rings (SSSR count). The summed E-state index contributed by atoms with van der Waals surface area (Å²) in [5.41, 5.74) is -1.19. The number of hydrogen-bond acceptors (Lipinski definition) is 3. The van der Waals surface area contributed by atoms with Crippen LogP contribution in [0.5, 0.6) is 0 Å². The topological polar surface area (TPSA) is 57.7 Å². The minimum atomic E-state index is -4.75. The van der Waals surface area contributed by atoms with Crippen molar-refractivity contribution in [1.82, 2.24) is 9.21 Å². The van der Waals surface area contributed by atoms with E-state index in [9.17, 15) is 26.4 Å². The van der Waals surface area contributed by atoms with Gasteiger partial charge in [0.25, 0.3) is 0 Å². The molecule has 1 heterocycles. The third-order valence-corrected chi connectivity index (χ3v) is 6.37. The summed E-state index contributed by atoms with van der Waals surface area (Å²) in [5, 5.41) is -0.555. The van der Waals surface area contributed by atoms with Crippen molar-refractivity contribution in [2.45, 2.75) is 31.3 Å². The monoisotopic (exact) mass is 412 g/mol. The molecule has 0 N–H and O–H groups in total. The highest BCUT2D eigenvalue weighted by Crippen LogP contribution is 2.36. The Bertz CT molecular complexity index is 781. The van der Waals surface area contributed by atoms with Gasteiger partial charge >= 0.3 is 6.18 Å². The molecular weight excluding hydrogens is 393 g/mol. The Morgan fingerprint density at radius 2 is 1.81 bits per heavy atom. The van der Waals surface area contributed by atoms with Crippen LogP contribution in [0.25, 0.3) is 0 Å². The Morgan fingerprint density at radius 3 is 2.38 bits per heavy atom. The van der Waals surface area contributed by atoms with E-state index in [2.05, 4.69) is 0 Å². The number of alkyl halides is 3. The summed E-state index contributed by atoms with van der Waals surface area (Å²) in [7, 11) is -4.12. The summed E-state index contributed by atoms with van der Waals surface area (Å²) in [5.74, 6) is -0.279. The van der Waals surface area contributed by atoms with Crippen LogP contribution >= 0.6 is 11.6 Å². The zero-order chi connectivity index (χ0) is 19.7. The van der Waals surface area contributed by atoms with E-state index in [1.54, 1.807) is 18.7 Å². The van der Waals surface area contributed by atoms with Crippen LogP contribution in [0.15, 0.2) is 23.1 Å². The third-order valence-electron chi connectivity index (χ3n) is 4.14. The highest BCUT2D eigenvalue weighted by atomic mass is 35.5. The van der Waals surface area contributed by atoms with Crippen molar-refractivity contribution in [3.8, 4) is 0 Å². The first-order valence-corrected chi connectivity index (χ1v) is 9.92. The lowest BCUT2D eigenvalue weighted by Crippen LogP contribution is -2.39. The van der Waals surface area contributed by atoms with Crippen LogP contribution in [-0.2, 0) is 21.0 Å². The quantitative estimate of drug-likeness (QED) is 0.765. The van der Waals surface area contributed by atoms with Gasteiger partial charge in [0.15, 0.2) is 0 Å². The van der Waals surface area contributed by atoms with Gasteiger partial charge in [-0.15, -0.1) is 0 Å². The second-order valence-electron chi connectivity index (χ2n) is 6.38. The van der Waals surface area contributed by atoms with Gasteiger partial charge < -0.3 is 4.90 Å². The second-order valence-corrected chi connectivity index (χ2v) is 8.72. The fourth-order valence-corrected chi connectivity index (χ4v) is 4.47. The van der Waals surface area contributed by atoms with E-state index >= 15 is 0 Å². The smallest absolute Gasteiger partial charge is 0.341 e. The average Bonchev–Trinajstić information content (AvgIpc) is 2.79. The van der Waals surface area contributed by atoms with Gasteiger partial charge in [-0.25, -0.2) is 8.42 Å².